The van der Waals surface area contributed by atoms with E-state index in [2.05, 4.69) is 43.4 Å². The van der Waals surface area contributed by atoms with Gasteiger partial charge in [-0.15, -0.1) is 11.3 Å². The van der Waals surface area contributed by atoms with Crippen LogP contribution in [0.3, 0.4) is 0 Å². The summed E-state index contributed by atoms with van der Waals surface area (Å²) in [5.41, 5.74) is 4.04. The number of hydrogen-bond donors (Lipinski definition) is 1. The molecule has 106 valence electrons. The number of benzene rings is 1. The molecular formula is C17H22N2S. The Morgan fingerprint density at radius 1 is 1.40 bits per heavy atom. The number of aryl methyl sites for hydroxylation is 2. The van der Waals surface area contributed by atoms with Crippen LogP contribution in [0.4, 0.5) is 0 Å². The molecule has 20 heavy (non-hydrogen) atoms. The summed E-state index contributed by atoms with van der Waals surface area (Å²) in [4.78, 5) is 6.37. The predicted molar refractivity (Wildman–Crippen MR) is 85.5 cm³/mol. The minimum absolute atomic E-state index is 0.535. The van der Waals surface area contributed by atoms with Crippen LogP contribution < -0.4 is 5.32 Å². The molecule has 0 saturated heterocycles. The van der Waals surface area contributed by atoms with Crippen molar-refractivity contribution < 1.29 is 0 Å². The maximum Gasteiger partial charge on any atom is 0.0975 e. The van der Waals surface area contributed by atoms with Gasteiger partial charge in [0.15, 0.2) is 0 Å². The molecule has 1 heterocycles. The maximum absolute atomic E-state index is 4.89. The zero-order chi connectivity index (χ0) is 13.9. The van der Waals surface area contributed by atoms with Gasteiger partial charge in [-0.2, -0.15) is 0 Å². The summed E-state index contributed by atoms with van der Waals surface area (Å²) in [7, 11) is 0. The van der Waals surface area contributed by atoms with Gasteiger partial charge >= 0.3 is 0 Å². The smallest absolute Gasteiger partial charge is 0.0975 e. The summed E-state index contributed by atoms with van der Waals surface area (Å²) in [6.45, 7) is 5.37. The molecule has 0 spiro atoms. The molecule has 1 unspecified atom stereocenters. The lowest BCUT2D eigenvalue weighted by atomic mass is 9.98. The highest BCUT2D eigenvalue weighted by Crippen LogP contribution is 2.34. The van der Waals surface area contributed by atoms with E-state index in [4.69, 9.17) is 4.98 Å². The summed E-state index contributed by atoms with van der Waals surface area (Å²) >= 11 is 1.91. The first-order valence-electron chi connectivity index (χ1n) is 7.53. The second-order valence-corrected chi connectivity index (χ2v) is 6.70. The standard InChI is InChI=1S/C17H22N2S/c1-3-18-14-8-5-9-15-17(14)20-16(19-15)11-13-7-4-6-12(2)10-13/h4,6-7,10,14,18H,3,5,8-9,11H2,1-2H3. The van der Waals surface area contributed by atoms with E-state index in [1.807, 2.05) is 11.3 Å². The highest BCUT2D eigenvalue weighted by atomic mass is 32.1. The van der Waals surface area contributed by atoms with Crippen LogP contribution >= 0.6 is 11.3 Å². The number of thiazole rings is 1. The molecule has 1 N–H and O–H groups in total. The highest BCUT2D eigenvalue weighted by Gasteiger charge is 2.23. The van der Waals surface area contributed by atoms with E-state index in [-0.39, 0.29) is 0 Å². The number of nitrogens with zero attached hydrogens (tertiary/aromatic N) is 1. The van der Waals surface area contributed by atoms with Gasteiger partial charge in [-0.1, -0.05) is 36.8 Å². The van der Waals surface area contributed by atoms with Gasteiger partial charge in [0.25, 0.3) is 0 Å². The molecule has 3 heteroatoms. The first-order valence-corrected chi connectivity index (χ1v) is 8.35. The normalized spacial score (nSPS) is 18.0. The van der Waals surface area contributed by atoms with Crippen LogP contribution in [0.25, 0.3) is 0 Å². The zero-order valence-electron chi connectivity index (χ0n) is 12.3. The maximum atomic E-state index is 4.89. The van der Waals surface area contributed by atoms with Crippen LogP contribution in [0.2, 0.25) is 0 Å². The largest absolute Gasteiger partial charge is 0.309 e. The lowest BCUT2D eigenvalue weighted by Gasteiger charge is -2.21. The highest BCUT2D eigenvalue weighted by molar-refractivity contribution is 7.11. The first-order chi connectivity index (χ1) is 9.76. The Morgan fingerprint density at radius 3 is 3.10 bits per heavy atom. The third kappa shape index (κ3) is 2.94. The Labute approximate surface area is 125 Å². The van der Waals surface area contributed by atoms with Crippen molar-refractivity contribution in [2.24, 2.45) is 0 Å². The van der Waals surface area contributed by atoms with Gasteiger partial charge in [0.05, 0.1) is 10.7 Å². The van der Waals surface area contributed by atoms with E-state index in [1.54, 1.807) is 0 Å². The third-order valence-electron chi connectivity index (χ3n) is 3.88. The van der Waals surface area contributed by atoms with Crippen molar-refractivity contribution in [3.63, 3.8) is 0 Å². The van der Waals surface area contributed by atoms with Crippen LogP contribution in [0, 0.1) is 6.92 Å². The van der Waals surface area contributed by atoms with Crippen LogP contribution in [0.5, 0.6) is 0 Å². The van der Waals surface area contributed by atoms with E-state index >= 15 is 0 Å². The van der Waals surface area contributed by atoms with E-state index < -0.39 is 0 Å². The van der Waals surface area contributed by atoms with Crippen molar-refractivity contribution in [2.45, 2.75) is 45.6 Å². The van der Waals surface area contributed by atoms with Crippen molar-refractivity contribution in [1.29, 1.82) is 0 Å². The van der Waals surface area contributed by atoms with Crippen molar-refractivity contribution in [3.8, 4) is 0 Å². The molecule has 0 radical (unpaired) electrons. The molecule has 1 atom stereocenters. The number of rotatable bonds is 4. The summed E-state index contributed by atoms with van der Waals surface area (Å²) in [5.74, 6) is 0. The van der Waals surface area contributed by atoms with Crippen LogP contribution in [-0.4, -0.2) is 11.5 Å². The molecule has 0 bridgehead atoms. The van der Waals surface area contributed by atoms with Gasteiger partial charge in [-0.3, -0.25) is 0 Å². The molecule has 2 aromatic rings. The monoisotopic (exact) mass is 286 g/mol. The van der Waals surface area contributed by atoms with Crippen molar-refractivity contribution in [3.05, 3.63) is 51.0 Å². The molecule has 0 saturated carbocycles. The Balaban J connectivity index is 1.82. The Morgan fingerprint density at radius 2 is 2.30 bits per heavy atom. The summed E-state index contributed by atoms with van der Waals surface area (Å²) in [5, 5.41) is 4.87. The van der Waals surface area contributed by atoms with E-state index in [9.17, 15) is 0 Å². The minimum Gasteiger partial charge on any atom is -0.309 e. The summed E-state index contributed by atoms with van der Waals surface area (Å²) in [6.07, 6.45) is 4.64. The van der Waals surface area contributed by atoms with E-state index in [0.29, 0.717) is 6.04 Å². The van der Waals surface area contributed by atoms with E-state index in [0.717, 1.165) is 19.4 Å². The van der Waals surface area contributed by atoms with Crippen LogP contribution in [-0.2, 0) is 12.8 Å². The number of aromatic nitrogens is 1. The average molecular weight is 286 g/mol. The Bertz CT molecular complexity index is 588. The fourth-order valence-electron chi connectivity index (χ4n) is 2.98. The van der Waals surface area contributed by atoms with Gasteiger partial charge in [-0.25, -0.2) is 4.98 Å². The van der Waals surface area contributed by atoms with Crippen LogP contribution in [0.15, 0.2) is 24.3 Å². The lowest BCUT2D eigenvalue weighted by Crippen LogP contribution is -2.23. The minimum atomic E-state index is 0.535. The fraction of sp³-hybridized carbons (Fsp3) is 0.471. The molecule has 1 aromatic heterocycles. The fourth-order valence-corrected chi connectivity index (χ4v) is 4.24. The molecule has 3 rings (SSSR count). The topological polar surface area (TPSA) is 24.9 Å². The van der Waals surface area contributed by atoms with Gasteiger partial charge in [-0.05, 0) is 38.3 Å². The number of hydrogen-bond acceptors (Lipinski definition) is 3. The molecular weight excluding hydrogens is 264 g/mol. The zero-order valence-corrected chi connectivity index (χ0v) is 13.1. The van der Waals surface area contributed by atoms with Crippen LogP contribution in [0.1, 0.15) is 52.5 Å². The second-order valence-electron chi connectivity index (χ2n) is 5.59. The summed E-state index contributed by atoms with van der Waals surface area (Å²) in [6, 6.07) is 9.29. The molecule has 0 fully saturated rings. The quantitative estimate of drug-likeness (QED) is 0.918. The van der Waals surface area contributed by atoms with Gasteiger partial charge in [0.1, 0.15) is 0 Å². The molecule has 2 nitrogen and oxygen atoms in total. The van der Waals surface area contributed by atoms with Crippen molar-refractivity contribution >= 4 is 11.3 Å². The Kier molecular flexibility index (Phi) is 4.18. The lowest BCUT2D eigenvalue weighted by molar-refractivity contribution is 0.476. The Hall–Kier alpha value is -1.19. The summed E-state index contributed by atoms with van der Waals surface area (Å²) < 4.78 is 0. The molecule has 0 aliphatic heterocycles. The van der Waals surface area contributed by atoms with Gasteiger partial charge in [0, 0.05) is 17.3 Å². The van der Waals surface area contributed by atoms with Gasteiger partial charge in [0.2, 0.25) is 0 Å². The first kappa shape index (κ1) is 13.8. The third-order valence-corrected chi connectivity index (χ3v) is 5.09. The van der Waals surface area contributed by atoms with Crippen molar-refractivity contribution in [2.75, 3.05) is 6.54 Å². The average Bonchev–Trinajstić information content (AvgIpc) is 2.82. The number of nitrogens with one attached hydrogen (secondary N) is 1. The van der Waals surface area contributed by atoms with E-state index in [1.165, 1.54) is 39.5 Å². The molecule has 1 aromatic carbocycles. The molecule has 1 aliphatic carbocycles. The van der Waals surface area contributed by atoms with Crippen molar-refractivity contribution in [1.82, 2.24) is 10.3 Å². The molecule has 1 aliphatic rings. The SMILES string of the molecule is CCNC1CCCc2nc(Cc3cccc(C)c3)sc21. The number of fused-ring (bicyclic) bond motifs is 1. The molecule has 0 amide bonds. The predicted octanol–water partition coefficient (Wildman–Crippen LogP) is 4.03. The second kappa shape index (κ2) is 6.06. The van der Waals surface area contributed by atoms with Gasteiger partial charge < -0.3 is 5.32 Å².